The van der Waals surface area contributed by atoms with Crippen molar-refractivity contribution in [3.63, 3.8) is 0 Å². The van der Waals surface area contributed by atoms with Gasteiger partial charge >= 0.3 is 17.9 Å². The van der Waals surface area contributed by atoms with Gasteiger partial charge in [0.25, 0.3) is 0 Å². The molecule has 20 heavy (non-hydrogen) atoms. The van der Waals surface area contributed by atoms with Crippen molar-refractivity contribution in [1.82, 2.24) is 0 Å². The molecule has 0 amide bonds. The van der Waals surface area contributed by atoms with Gasteiger partial charge in [-0.2, -0.15) is 0 Å². The lowest BCUT2D eigenvalue weighted by molar-refractivity contribution is -0.257. The highest BCUT2D eigenvalue weighted by molar-refractivity contribution is 5.67. The minimum Gasteiger partial charge on any atom is -0.463 e. The maximum atomic E-state index is 11.1. The average molecular weight is 288 g/mol. The first kappa shape index (κ1) is 16.4. The molecule has 0 spiro atoms. The van der Waals surface area contributed by atoms with Gasteiger partial charge in [-0.15, -0.1) is 0 Å². The molecule has 0 bridgehead atoms. The van der Waals surface area contributed by atoms with Crippen LogP contribution < -0.4 is 0 Å². The van der Waals surface area contributed by atoms with Crippen LogP contribution in [0, 0.1) is 5.92 Å². The summed E-state index contributed by atoms with van der Waals surface area (Å²) in [4.78, 5) is 33.0. The molecule has 0 saturated carbocycles. The van der Waals surface area contributed by atoms with E-state index in [-0.39, 0.29) is 12.5 Å². The van der Waals surface area contributed by atoms with E-state index < -0.39 is 36.4 Å². The van der Waals surface area contributed by atoms with Gasteiger partial charge in [0.2, 0.25) is 6.29 Å². The van der Waals surface area contributed by atoms with Gasteiger partial charge < -0.3 is 18.9 Å². The molecule has 3 unspecified atom stereocenters. The van der Waals surface area contributed by atoms with E-state index in [4.69, 9.17) is 18.9 Å². The Morgan fingerprint density at radius 3 is 2.15 bits per heavy atom. The van der Waals surface area contributed by atoms with Gasteiger partial charge in [0.15, 0.2) is 6.10 Å². The lowest BCUT2D eigenvalue weighted by atomic mass is 9.94. The smallest absolute Gasteiger partial charge is 0.305 e. The summed E-state index contributed by atoms with van der Waals surface area (Å²) < 4.78 is 20.6. The van der Waals surface area contributed by atoms with Gasteiger partial charge in [0, 0.05) is 20.8 Å². The first-order chi connectivity index (χ1) is 9.29. The van der Waals surface area contributed by atoms with Crippen LogP contribution in [0.4, 0.5) is 0 Å². The molecule has 0 radical (unpaired) electrons. The largest absolute Gasteiger partial charge is 0.463 e. The number of hydrogen-bond donors (Lipinski definition) is 0. The number of esters is 3. The molecule has 4 atom stereocenters. The van der Waals surface area contributed by atoms with Gasteiger partial charge in [-0.05, 0) is 12.3 Å². The Morgan fingerprint density at radius 2 is 1.65 bits per heavy atom. The van der Waals surface area contributed by atoms with E-state index >= 15 is 0 Å². The highest BCUT2D eigenvalue weighted by Gasteiger charge is 2.40. The molecular formula is C13H20O7. The van der Waals surface area contributed by atoms with Crippen molar-refractivity contribution in [3.05, 3.63) is 0 Å². The van der Waals surface area contributed by atoms with Crippen molar-refractivity contribution < 1.29 is 33.3 Å². The van der Waals surface area contributed by atoms with Crippen LogP contribution in [-0.2, 0) is 33.3 Å². The van der Waals surface area contributed by atoms with Crippen LogP contribution in [0.3, 0.4) is 0 Å². The third-order valence-electron chi connectivity index (χ3n) is 2.90. The Kier molecular flexibility index (Phi) is 5.94. The quantitative estimate of drug-likeness (QED) is 0.558. The van der Waals surface area contributed by atoms with Gasteiger partial charge in [-0.1, -0.05) is 6.92 Å². The SMILES string of the molecule is CC(=O)OCC1OC(OC(C)=O)C(OC(C)=O)C[C@@H]1C. The molecule has 1 aliphatic heterocycles. The van der Waals surface area contributed by atoms with Crippen LogP contribution in [0.15, 0.2) is 0 Å². The van der Waals surface area contributed by atoms with E-state index in [9.17, 15) is 14.4 Å². The van der Waals surface area contributed by atoms with Gasteiger partial charge in [-0.3, -0.25) is 14.4 Å². The number of rotatable bonds is 4. The molecule has 1 saturated heterocycles. The van der Waals surface area contributed by atoms with E-state index in [0.717, 1.165) is 0 Å². The number of carbonyl (C=O) groups is 3. The number of carbonyl (C=O) groups excluding carboxylic acids is 3. The second-order valence-corrected chi connectivity index (χ2v) is 4.82. The molecule has 0 aromatic rings. The first-order valence-electron chi connectivity index (χ1n) is 6.42. The van der Waals surface area contributed by atoms with Crippen LogP contribution in [0.1, 0.15) is 34.1 Å². The molecular weight excluding hydrogens is 268 g/mol. The fourth-order valence-electron chi connectivity index (χ4n) is 2.01. The molecule has 0 N–H and O–H groups in total. The Balaban J connectivity index is 2.69. The fourth-order valence-corrected chi connectivity index (χ4v) is 2.01. The second-order valence-electron chi connectivity index (χ2n) is 4.82. The third kappa shape index (κ3) is 5.16. The van der Waals surface area contributed by atoms with Crippen molar-refractivity contribution in [2.24, 2.45) is 5.92 Å². The van der Waals surface area contributed by atoms with E-state index in [2.05, 4.69) is 0 Å². The molecule has 114 valence electrons. The maximum Gasteiger partial charge on any atom is 0.305 e. The molecule has 0 aliphatic carbocycles. The summed E-state index contributed by atoms with van der Waals surface area (Å²) in [6.07, 6.45) is -1.58. The normalized spacial score (nSPS) is 29.4. The molecule has 7 nitrogen and oxygen atoms in total. The van der Waals surface area contributed by atoms with E-state index in [1.165, 1.54) is 20.8 Å². The summed E-state index contributed by atoms with van der Waals surface area (Å²) in [6, 6.07) is 0. The number of ether oxygens (including phenoxy) is 4. The molecule has 7 heteroatoms. The Morgan fingerprint density at radius 1 is 1.05 bits per heavy atom. The standard InChI is InChI=1S/C13H20O7/c1-7-5-11(18-9(3)15)13(19-10(4)16)20-12(7)6-17-8(2)14/h7,11-13H,5-6H2,1-4H3/t7-,11?,12?,13?/m0/s1. The molecule has 0 aromatic heterocycles. The van der Waals surface area contributed by atoms with Crippen molar-refractivity contribution in [2.75, 3.05) is 6.61 Å². The topological polar surface area (TPSA) is 88.1 Å². The predicted octanol–water partition coefficient (Wildman–Crippen LogP) is 0.795. The van der Waals surface area contributed by atoms with Gasteiger partial charge in [0.05, 0.1) is 6.10 Å². The summed E-state index contributed by atoms with van der Waals surface area (Å²) in [5, 5.41) is 0. The summed E-state index contributed by atoms with van der Waals surface area (Å²) in [5.41, 5.74) is 0. The highest BCUT2D eigenvalue weighted by Crippen LogP contribution is 2.28. The summed E-state index contributed by atoms with van der Waals surface area (Å²) >= 11 is 0. The van der Waals surface area contributed by atoms with Crippen molar-refractivity contribution >= 4 is 17.9 Å². The highest BCUT2D eigenvalue weighted by atomic mass is 16.7. The maximum absolute atomic E-state index is 11.1. The minimum atomic E-state index is -0.979. The predicted molar refractivity (Wildman–Crippen MR) is 66.4 cm³/mol. The van der Waals surface area contributed by atoms with Crippen LogP contribution in [-0.4, -0.2) is 43.0 Å². The Hall–Kier alpha value is -1.63. The molecule has 1 aliphatic rings. The van der Waals surface area contributed by atoms with E-state index in [1.807, 2.05) is 6.92 Å². The van der Waals surface area contributed by atoms with Gasteiger partial charge in [-0.25, -0.2) is 0 Å². The zero-order valence-electron chi connectivity index (χ0n) is 12.1. The summed E-state index contributed by atoms with van der Waals surface area (Å²) in [6.45, 7) is 5.78. The third-order valence-corrected chi connectivity index (χ3v) is 2.90. The van der Waals surface area contributed by atoms with Crippen LogP contribution in [0.2, 0.25) is 0 Å². The minimum absolute atomic E-state index is 0.00879. The van der Waals surface area contributed by atoms with E-state index in [0.29, 0.717) is 6.42 Å². The van der Waals surface area contributed by atoms with E-state index in [1.54, 1.807) is 0 Å². The second kappa shape index (κ2) is 7.23. The molecule has 1 heterocycles. The molecule has 1 rings (SSSR count). The zero-order valence-corrected chi connectivity index (χ0v) is 12.1. The van der Waals surface area contributed by atoms with Crippen molar-refractivity contribution in [3.8, 4) is 0 Å². The Labute approximate surface area is 117 Å². The molecule has 1 fully saturated rings. The molecule has 0 aromatic carbocycles. The average Bonchev–Trinajstić information content (AvgIpc) is 2.29. The number of hydrogen-bond acceptors (Lipinski definition) is 7. The van der Waals surface area contributed by atoms with Crippen molar-refractivity contribution in [1.29, 1.82) is 0 Å². The van der Waals surface area contributed by atoms with Crippen molar-refractivity contribution in [2.45, 2.75) is 52.6 Å². The lowest BCUT2D eigenvalue weighted by Gasteiger charge is -2.38. The lowest BCUT2D eigenvalue weighted by Crippen LogP contribution is -2.48. The monoisotopic (exact) mass is 288 g/mol. The summed E-state index contributed by atoms with van der Waals surface area (Å²) in [5.74, 6) is -1.42. The Bertz CT molecular complexity index is 379. The van der Waals surface area contributed by atoms with Crippen LogP contribution in [0.25, 0.3) is 0 Å². The zero-order chi connectivity index (χ0) is 15.3. The van der Waals surface area contributed by atoms with Gasteiger partial charge in [0.1, 0.15) is 6.61 Å². The fraction of sp³-hybridized carbons (Fsp3) is 0.769. The summed E-state index contributed by atoms with van der Waals surface area (Å²) in [7, 11) is 0. The first-order valence-corrected chi connectivity index (χ1v) is 6.42. The van der Waals surface area contributed by atoms with Crippen LogP contribution in [0.5, 0.6) is 0 Å². The van der Waals surface area contributed by atoms with Crippen LogP contribution >= 0.6 is 0 Å².